The largest absolute Gasteiger partial charge is 0.491 e. The summed E-state index contributed by atoms with van der Waals surface area (Å²) in [7, 11) is 0. The van der Waals surface area contributed by atoms with E-state index in [4.69, 9.17) is 30.5 Å². The number of fused-ring (bicyclic) bond motifs is 1. The highest BCUT2D eigenvalue weighted by molar-refractivity contribution is 6.30. The molecular weight excluding hydrogens is 406 g/mol. The van der Waals surface area contributed by atoms with Crippen LogP contribution in [0.25, 0.3) is 0 Å². The molecule has 0 aliphatic carbocycles. The number of rotatable bonds is 9. The van der Waals surface area contributed by atoms with E-state index in [0.29, 0.717) is 38.0 Å². The molecule has 0 unspecified atom stereocenters. The van der Waals surface area contributed by atoms with Crippen LogP contribution in [0.3, 0.4) is 0 Å². The third kappa shape index (κ3) is 5.58. The van der Waals surface area contributed by atoms with Crippen LogP contribution in [0, 0.1) is 0 Å². The quantitative estimate of drug-likeness (QED) is 0.608. The molecule has 162 valence electrons. The number of hydrogen-bond donors (Lipinski definition) is 1. The van der Waals surface area contributed by atoms with Crippen molar-refractivity contribution in [1.29, 1.82) is 0 Å². The third-order valence-electron chi connectivity index (χ3n) is 5.38. The van der Waals surface area contributed by atoms with E-state index in [1.165, 1.54) is 5.56 Å². The fourth-order valence-electron chi connectivity index (χ4n) is 3.98. The molecule has 2 atom stereocenters. The van der Waals surface area contributed by atoms with Crippen LogP contribution in [0.5, 0.6) is 17.2 Å². The Labute approximate surface area is 182 Å². The van der Waals surface area contributed by atoms with Crippen LogP contribution in [0.4, 0.5) is 0 Å². The van der Waals surface area contributed by atoms with Gasteiger partial charge in [0.1, 0.15) is 25.6 Å². The van der Waals surface area contributed by atoms with Gasteiger partial charge in [-0.05, 0) is 61.3 Å². The molecule has 0 aromatic heterocycles. The van der Waals surface area contributed by atoms with Gasteiger partial charge in [-0.2, -0.15) is 0 Å². The zero-order valence-corrected chi connectivity index (χ0v) is 17.7. The second kappa shape index (κ2) is 10.4. The molecule has 0 bridgehead atoms. The normalized spacial score (nSPS) is 19.6. The number of benzene rings is 2. The summed E-state index contributed by atoms with van der Waals surface area (Å²) in [6.45, 7) is 3.87. The van der Waals surface area contributed by atoms with Crippen molar-refractivity contribution in [2.45, 2.75) is 25.0 Å². The first-order chi connectivity index (χ1) is 14.7. The fraction of sp³-hybridized carbons (Fsp3) is 0.478. The molecule has 7 heteroatoms. The average molecular weight is 434 g/mol. The number of aliphatic hydroxyl groups is 1. The number of ether oxygens (including phenoxy) is 4. The van der Waals surface area contributed by atoms with Crippen LogP contribution in [-0.2, 0) is 4.74 Å². The molecule has 30 heavy (non-hydrogen) atoms. The van der Waals surface area contributed by atoms with E-state index in [2.05, 4.69) is 17.0 Å². The molecule has 0 amide bonds. The van der Waals surface area contributed by atoms with Gasteiger partial charge in [0.25, 0.3) is 0 Å². The van der Waals surface area contributed by atoms with Crippen molar-refractivity contribution in [1.82, 2.24) is 4.90 Å². The molecule has 0 radical (unpaired) electrons. The molecule has 4 rings (SSSR count). The van der Waals surface area contributed by atoms with Crippen molar-refractivity contribution in [3.63, 3.8) is 0 Å². The van der Waals surface area contributed by atoms with Crippen LogP contribution in [0.15, 0.2) is 42.5 Å². The minimum absolute atomic E-state index is 0.281. The maximum absolute atomic E-state index is 10.4. The topological polar surface area (TPSA) is 60.4 Å². The van der Waals surface area contributed by atoms with Crippen molar-refractivity contribution in [3.05, 3.63) is 53.1 Å². The molecule has 6 nitrogen and oxygen atoms in total. The zero-order valence-electron chi connectivity index (χ0n) is 17.0. The van der Waals surface area contributed by atoms with Gasteiger partial charge in [-0.15, -0.1) is 0 Å². The SMILES string of the molecule is O[C@@H](COCCOc1ccc(Cl)cc1)CN1CCC[C@H]1c1ccc2c(c1)OCCO2. The van der Waals surface area contributed by atoms with Gasteiger partial charge in [-0.1, -0.05) is 17.7 Å². The molecule has 2 heterocycles. The predicted molar refractivity (Wildman–Crippen MR) is 115 cm³/mol. The summed E-state index contributed by atoms with van der Waals surface area (Å²) in [5.74, 6) is 2.38. The van der Waals surface area contributed by atoms with Crippen LogP contribution in [0.2, 0.25) is 5.02 Å². The maximum Gasteiger partial charge on any atom is 0.161 e. The Bertz CT molecular complexity index is 816. The first kappa shape index (κ1) is 21.2. The molecule has 1 fully saturated rings. The monoisotopic (exact) mass is 433 g/mol. The smallest absolute Gasteiger partial charge is 0.161 e. The van der Waals surface area contributed by atoms with Crippen molar-refractivity contribution in [2.75, 3.05) is 46.1 Å². The Hall–Kier alpha value is -1.99. The molecule has 2 aliphatic rings. The summed E-state index contributed by atoms with van der Waals surface area (Å²) in [5.41, 5.74) is 1.21. The lowest BCUT2D eigenvalue weighted by Crippen LogP contribution is -2.35. The van der Waals surface area contributed by atoms with Gasteiger partial charge in [0.05, 0.1) is 19.3 Å². The second-order valence-corrected chi connectivity index (χ2v) is 8.02. The van der Waals surface area contributed by atoms with Crippen molar-refractivity contribution in [2.24, 2.45) is 0 Å². The fourth-order valence-corrected chi connectivity index (χ4v) is 4.11. The molecule has 0 spiro atoms. The van der Waals surface area contributed by atoms with Gasteiger partial charge in [-0.25, -0.2) is 0 Å². The standard InChI is InChI=1S/C23H28ClNO5/c24-18-4-6-20(7-5-18)28-11-10-27-16-19(26)15-25-9-1-2-21(25)17-3-8-22-23(14-17)30-13-12-29-22/h3-8,14,19,21,26H,1-2,9-13,15-16H2/t19-,21+/m1/s1. The van der Waals surface area contributed by atoms with E-state index < -0.39 is 6.10 Å². The van der Waals surface area contributed by atoms with Crippen molar-refractivity contribution >= 4 is 11.6 Å². The third-order valence-corrected chi connectivity index (χ3v) is 5.63. The second-order valence-electron chi connectivity index (χ2n) is 7.59. The minimum atomic E-state index is -0.543. The van der Waals surface area contributed by atoms with Crippen molar-refractivity contribution < 1.29 is 24.1 Å². The Morgan fingerprint density at radius 1 is 1.07 bits per heavy atom. The lowest BCUT2D eigenvalue weighted by molar-refractivity contribution is 0.00584. The van der Waals surface area contributed by atoms with E-state index in [1.54, 1.807) is 12.1 Å². The van der Waals surface area contributed by atoms with Crippen LogP contribution in [-0.4, -0.2) is 62.2 Å². The molecule has 2 aliphatic heterocycles. The van der Waals surface area contributed by atoms with E-state index >= 15 is 0 Å². The number of hydrogen-bond acceptors (Lipinski definition) is 6. The number of halogens is 1. The van der Waals surface area contributed by atoms with E-state index in [-0.39, 0.29) is 12.6 Å². The minimum Gasteiger partial charge on any atom is -0.491 e. The number of likely N-dealkylation sites (tertiary alicyclic amines) is 1. The van der Waals surface area contributed by atoms with Gasteiger partial charge in [0.15, 0.2) is 11.5 Å². The van der Waals surface area contributed by atoms with E-state index in [9.17, 15) is 5.11 Å². The molecule has 2 aromatic carbocycles. The molecule has 1 N–H and O–H groups in total. The van der Waals surface area contributed by atoms with Crippen LogP contribution in [0.1, 0.15) is 24.4 Å². The average Bonchev–Trinajstić information content (AvgIpc) is 3.22. The number of nitrogens with zero attached hydrogens (tertiary/aromatic N) is 1. The molecule has 2 aromatic rings. The highest BCUT2D eigenvalue weighted by Gasteiger charge is 2.28. The molecular formula is C23H28ClNO5. The maximum atomic E-state index is 10.4. The first-order valence-corrected chi connectivity index (χ1v) is 10.8. The van der Waals surface area contributed by atoms with Crippen LogP contribution < -0.4 is 14.2 Å². The summed E-state index contributed by atoms with van der Waals surface area (Å²) in [6, 6.07) is 13.7. The summed E-state index contributed by atoms with van der Waals surface area (Å²) < 4.78 is 22.5. The van der Waals surface area contributed by atoms with Crippen molar-refractivity contribution in [3.8, 4) is 17.2 Å². The van der Waals surface area contributed by atoms with E-state index in [1.807, 2.05) is 18.2 Å². The zero-order chi connectivity index (χ0) is 20.8. The summed E-state index contributed by atoms with van der Waals surface area (Å²) in [5, 5.41) is 11.1. The van der Waals surface area contributed by atoms with Crippen LogP contribution >= 0.6 is 11.6 Å². The van der Waals surface area contributed by atoms with Gasteiger partial charge in [0, 0.05) is 17.6 Å². The number of β-amino-alcohol motifs (C(OH)–C–C–N with tert-alkyl or cyclic N) is 1. The summed E-state index contributed by atoms with van der Waals surface area (Å²) in [4.78, 5) is 2.32. The van der Waals surface area contributed by atoms with Gasteiger partial charge in [0.2, 0.25) is 0 Å². The summed E-state index contributed by atoms with van der Waals surface area (Å²) >= 11 is 5.86. The van der Waals surface area contributed by atoms with Gasteiger partial charge in [-0.3, -0.25) is 4.90 Å². The number of aliphatic hydroxyl groups excluding tert-OH is 1. The molecule has 0 saturated carbocycles. The Morgan fingerprint density at radius 2 is 1.87 bits per heavy atom. The Morgan fingerprint density at radius 3 is 2.70 bits per heavy atom. The Balaban J connectivity index is 1.21. The molecule has 1 saturated heterocycles. The lowest BCUT2D eigenvalue weighted by Gasteiger charge is -2.28. The van der Waals surface area contributed by atoms with Gasteiger partial charge < -0.3 is 24.1 Å². The highest BCUT2D eigenvalue weighted by Crippen LogP contribution is 2.38. The summed E-state index contributed by atoms with van der Waals surface area (Å²) in [6.07, 6.45) is 1.64. The Kier molecular flexibility index (Phi) is 7.33. The first-order valence-electron chi connectivity index (χ1n) is 10.5. The highest BCUT2D eigenvalue weighted by atomic mass is 35.5. The predicted octanol–water partition coefficient (Wildman–Crippen LogP) is 3.70. The van der Waals surface area contributed by atoms with E-state index in [0.717, 1.165) is 36.6 Å². The lowest BCUT2D eigenvalue weighted by atomic mass is 10.0. The van der Waals surface area contributed by atoms with Gasteiger partial charge >= 0.3 is 0 Å².